The van der Waals surface area contributed by atoms with E-state index in [9.17, 15) is 15.2 Å². The lowest BCUT2D eigenvalue weighted by atomic mass is 9.97. The van der Waals surface area contributed by atoms with Crippen LogP contribution in [0.2, 0.25) is 0 Å². The van der Waals surface area contributed by atoms with Crippen LogP contribution in [0.5, 0.6) is 0 Å². The van der Waals surface area contributed by atoms with Crippen molar-refractivity contribution in [3.63, 3.8) is 0 Å². The molecule has 1 aromatic heterocycles. The van der Waals surface area contributed by atoms with Gasteiger partial charge in [-0.2, -0.15) is 0 Å². The summed E-state index contributed by atoms with van der Waals surface area (Å²) in [5, 5.41) is 24.2. The third-order valence-corrected chi connectivity index (χ3v) is 4.11. The Morgan fingerprint density at radius 1 is 1.50 bits per heavy atom. The molecule has 8 nitrogen and oxygen atoms in total. The molecule has 0 radical (unpaired) electrons. The van der Waals surface area contributed by atoms with Crippen LogP contribution in [-0.4, -0.2) is 52.5 Å². The number of hydrogen-bond donors (Lipinski definition) is 1. The maximum atomic E-state index is 10.5. The average molecular weight is 362 g/mol. The SMILES string of the molecule is CC1CCCC(C)N1CC(O)CON=Cc1ccc([N+](=O)[O-])o1.Cl. The molecule has 0 aliphatic carbocycles. The number of halogens is 1. The fourth-order valence-corrected chi connectivity index (χ4v) is 2.86. The highest BCUT2D eigenvalue weighted by Gasteiger charge is 2.26. The van der Waals surface area contributed by atoms with Crippen molar-refractivity contribution < 1.29 is 19.3 Å². The molecule has 0 aromatic carbocycles. The van der Waals surface area contributed by atoms with Gasteiger partial charge in [0.1, 0.15) is 23.8 Å². The predicted molar refractivity (Wildman–Crippen MR) is 91.6 cm³/mol. The Morgan fingerprint density at radius 3 is 2.75 bits per heavy atom. The van der Waals surface area contributed by atoms with Gasteiger partial charge in [-0.1, -0.05) is 11.6 Å². The zero-order valence-corrected chi connectivity index (χ0v) is 14.6. The second kappa shape index (κ2) is 9.61. The topological polar surface area (TPSA) is 101 Å². The van der Waals surface area contributed by atoms with Crippen molar-refractivity contribution in [2.24, 2.45) is 5.16 Å². The summed E-state index contributed by atoms with van der Waals surface area (Å²) in [5.41, 5.74) is 0. The van der Waals surface area contributed by atoms with Gasteiger partial charge in [-0.05, 0) is 32.8 Å². The Kier molecular flexibility index (Phi) is 8.17. The first-order valence-electron chi connectivity index (χ1n) is 7.80. The van der Waals surface area contributed by atoms with Crippen LogP contribution in [0.25, 0.3) is 0 Å². The third kappa shape index (κ3) is 5.77. The zero-order chi connectivity index (χ0) is 16.8. The standard InChI is InChI=1S/C15H23N3O5.ClH/c1-11-4-3-5-12(2)17(11)9-13(19)10-22-16-8-14-6-7-15(23-14)18(20)21;/h6-8,11-13,19H,3-5,9-10H2,1-2H3;1H. The van der Waals surface area contributed by atoms with Gasteiger partial charge in [-0.3, -0.25) is 15.0 Å². The minimum absolute atomic E-state index is 0. The Morgan fingerprint density at radius 2 is 2.17 bits per heavy atom. The molecule has 24 heavy (non-hydrogen) atoms. The fraction of sp³-hybridized carbons (Fsp3) is 0.667. The Labute approximate surface area is 147 Å². The van der Waals surface area contributed by atoms with Crippen molar-refractivity contribution in [1.29, 1.82) is 0 Å². The van der Waals surface area contributed by atoms with E-state index >= 15 is 0 Å². The highest BCUT2D eigenvalue weighted by Crippen LogP contribution is 2.22. The van der Waals surface area contributed by atoms with Gasteiger partial charge >= 0.3 is 5.88 Å². The van der Waals surface area contributed by atoms with Crippen LogP contribution in [0, 0.1) is 10.1 Å². The number of aliphatic hydroxyl groups is 1. The van der Waals surface area contributed by atoms with Crippen molar-refractivity contribution >= 4 is 24.5 Å². The summed E-state index contributed by atoms with van der Waals surface area (Å²) in [6.45, 7) is 4.95. The maximum Gasteiger partial charge on any atom is 0.433 e. The number of nitro groups is 1. The van der Waals surface area contributed by atoms with Gasteiger partial charge in [0.2, 0.25) is 0 Å². The number of rotatable bonds is 7. The van der Waals surface area contributed by atoms with Crippen molar-refractivity contribution in [2.45, 2.75) is 51.3 Å². The number of β-amino-alcohol motifs (C(OH)–C–C–N with tert-alkyl or cyclic N) is 1. The van der Waals surface area contributed by atoms with Crippen LogP contribution < -0.4 is 0 Å². The highest BCUT2D eigenvalue weighted by atomic mass is 35.5. The smallest absolute Gasteiger partial charge is 0.400 e. The molecule has 0 bridgehead atoms. The number of oxime groups is 1. The summed E-state index contributed by atoms with van der Waals surface area (Å²) < 4.78 is 4.90. The molecule has 2 heterocycles. The normalized spacial score (nSPS) is 23.0. The summed E-state index contributed by atoms with van der Waals surface area (Å²) in [6, 6.07) is 3.59. The first-order chi connectivity index (χ1) is 11.0. The number of hydrogen-bond acceptors (Lipinski definition) is 7. The van der Waals surface area contributed by atoms with E-state index in [2.05, 4.69) is 23.9 Å². The summed E-state index contributed by atoms with van der Waals surface area (Å²) in [7, 11) is 0. The van der Waals surface area contributed by atoms with E-state index < -0.39 is 11.0 Å². The summed E-state index contributed by atoms with van der Waals surface area (Å²) in [5.74, 6) is -0.121. The maximum absolute atomic E-state index is 10.5. The van der Waals surface area contributed by atoms with Gasteiger partial charge in [0.15, 0.2) is 5.76 Å². The molecule has 1 aromatic rings. The first kappa shape index (κ1) is 20.4. The van der Waals surface area contributed by atoms with Crippen LogP contribution >= 0.6 is 12.4 Å². The summed E-state index contributed by atoms with van der Waals surface area (Å²) >= 11 is 0. The molecule has 9 heteroatoms. The van der Waals surface area contributed by atoms with Gasteiger partial charge in [0.05, 0.1) is 6.07 Å². The minimum Gasteiger partial charge on any atom is -0.400 e. The monoisotopic (exact) mass is 361 g/mol. The quantitative estimate of drug-likeness (QED) is 0.455. The molecule has 3 unspecified atom stereocenters. The van der Waals surface area contributed by atoms with Crippen LogP contribution in [0.15, 0.2) is 21.7 Å². The second-order valence-electron chi connectivity index (χ2n) is 5.94. The van der Waals surface area contributed by atoms with E-state index in [1.807, 2.05) is 0 Å². The van der Waals surface area contributed by atoms with E-state index in [-0.39, 0.29) is 30.7 Å². The lowest BCUT2D eigenvalue weighted by Gasteiger charge is -2.39. The van der Waals surface area contributed by atoms with Crippen LogP contribution in [0.1, 0.15) is 38.9 Å². The molecule has 1 N–H and O–H groups in total. The Balaban J connectivity index is 0.00000288. The third-order valence-electron chi connectivity index (χ3n) is 4.11. The largest absolute Gasteiger partial charge is 0.433 e. The van der Waals surface area contributed by atoms with Crippen molar-refractivity contribution in [3.8, 4) is 0 Å². The molecule has 0 saturated carbocycles. The van der Waals surface area contributed by atoms with Crippen LogP contribution in [-0.2, 0) is 4.84 Å². The predicted octanol–water partition coefficient (Wildman–Crippen LogP) is 2.58. The first-order valence-corrected chi connectivity index (χ1v) is 7.80. The molecule has 1 aliphatic rings. The number of aliphatic hydroxyl groups excluding tert-OH is 1. The molecule has 2 rings (SSSR count). The number of likely N-dealkylation sites (tertiary alicyclic amines) is 1. The molecular weight excluding hydrogens is 338 g/mol. The molecule has 3 atom stereocenters. The summed E-state index contributed by atoms with van der Waals surface area (Å²) in [4.78, 5) is 17.2. The molecule has 0 spiro atoms. The number of furan rings is 1. The van der Waals surface area contributed by atoms with Crippen molar-refractivity contribution in [2.75, 3.05) is 13.2 Å². The van der Waals surface area contributed by atoms with Crippen molar-refractivity contribution in [3.05, 3.63) is 28.0 Å². The Bertz CT molecular complexity index is 541. The van der Waals surface area contributed by atoms with Crippen LogP contribution in [0.3, 0.4) is 0 Å². The molecule has 1 aliphatic heterocycles. The van der Waals surface area contributed by atoms with E-state index in [1.165, 1.54) is 24.8 Å². The van der Waals surface area contributed by atoms with E-state index in [1.54, 1.807) is 0 Å². The number of nitrogens with zero attached hydrogens (tertiary/aromatic N) is 3. The molecule has 1 fully saturated rings. The van der Waals surface area contributed by atoms with Gasteiger partial charge in [0, 0.05) is 18.6 Å². The van der Waals surface area contributed by atoms with Gasteiger partial charge in [-0.15, -0.1) is 12.4 Å². The summed E-state index contributed by atoms with van der Waals surface area (Å²) in [6.07, 6.45) is 4.12. The lowest BCUT2D eigenvalue weighted by molar-refractivity contribution is -0.402. The van der Waals surface area contributed by atoms with Gasteiger partial charge in [-0.25, -0.2) is 0 Å². The molecular formula is C15H24ClN3O5. The molecule has 1 saturated heterocycles. The highest BCUT2D eigenvalue weighted by molar-refractivity contribution is 5.85. The fourth-order valence-electron chi connectivity index (χ4n) is 2.86. The molecule has 136 valence electrons. The van der Waals surface area contributed by atoms with Gasteiger partial charge in [0.25, 0.3) is 0 Å². The van der Waals surface area contributed by atoms with Crippen LogP contribution in [0.4, 0.5) is 5.88 Å². The minimum atomic E-state index is -0.638. The molecule has 0 amide bonds. The second-order valence-corrected chi connectivity index (χ2v) is 5.94. The van der Waals surface area contributed by atoms with Gasteiger partial charge < -0.3 is 14.4 Å². The average Bonchev–Trinajstić information content (AvgIpc) is 2.97. The zero-order valence-electron chi connectivity index (χ0n) is 13.8. The number of piperidine rings is 1. The lowest BCUT2D eigenvalue weighted by Crippen LogP contribution is -2.48. The van der Waals surface area contributed by atoms with E-state index in [4.69, 9.17) is 9.25 Å². The van der Waals surface area contributed by atoms with Crippen molar-refractivity contribution in [1.82, 2.24) is 4.90 Å². The van der Waals surface area contributed by atoms with E-state index in [0.717, 1.165) is 12.8 Å². The Hall–Kier alpha value is -1.64. The van der Waals surface area contributed by atoms with E-state index in [0.29, 0.717) is 18.6 Å².